The van der Waals surface area contributed by atoms with E-state index in [1.165, 1.54) is 0 Å². The SMILES string of the molecule is C[C@H]1CCC(=O)[C@H]([C@@H](O)c2ccc(Cl)cc2)C1. The first-order chi connectivity index (χ1) is 8.08. The number of hydrogen-bond acceptors (Lipinski definition) is 2. The van der Waals surface area contributed by atoms with Gasteiger partial charge in [-0.3, -0.25) is 4.79 Å². The fraction of sp³-hybridized carbons (Fsp3) is 0.500. The predicted molar refractivity (Wildman–Crippen MR) is 67.9 cm³/mol. The minimum atomic E-state index is -0.692. The van der Waals surface area contributed by atoms with Gasteiger partial charge in [0.05, 0.1) is 6.10 Å². The molecule has 3 atom stereocenters. The fourth-order valence-corrected chi connectivity index (χ4v) is 2.58. The highest BCUT2D eigenvalue weighted by Crippen LogP contribution is 2.35. The van der Waals surface area contributed by atoms with Crippen molar-refractivity contribution in [3.63, 3.8) is 0 Å². The van der Waals surface area contributed by atoms with Crippen LogP contribution in [0.4, 0.5) is 0 Å². The van der Waals surface area contributed by atoms with Gasteiger partial charge in [0.15, 0.2) is 0 Å². The molecule has 0 aromatic heterocycles. The first-order valence-electron chi connectivity index (χ1n) is 6.04. The second-order valence-corrected chi connectivity index (χ2v) is 5.39. The first-order valence-corrected chi connectivity index (χ1v) is 6.42. The van der Waals surface area contributed by atoms with Crippen molar-refractivity contribution in [3.8, 4) is 0 Å². The summed E-state index contributed by atoms with van der Waals surface area (Å²) in [6.45, 7) is 2.13. The molecule has 0 heterocycles. The Bertz CT molecular complexity index is 399. The molecule has 1 saturated carbocycles. The monoisotopic (exact) mass is 252 g/mol. The van der Waals surface area contributed by atoms with E-state index in [2.05, 4.69) is 6.92 Å². The van der Waals surface area contributed by atoms with Crippen LogP contribution in [-0.2, 0) is 4.79 Å². The number of benzene rings is 1. The summed E-state index contributed by atoms with van der Waals surface area (Å²) in [5.41, 5.74) is 0.779. The van der Waals surface area contributed by atoms with Crippen LogP contribution in [-0.4, -0.2) is 10.9 Å². The molecule has 2 rings (SSSR count). The van der Waals surface area contributed by atoms with Crippen molar-refractivity contribution < 1.29 is 9.90 Å². The van der Waals surface area contributed by atoms with Gasteiger partial charge in [-0.2, -0.15) is 0 Å². The highest BCUT2D eigenvalue weighted by molar-refractivity contribution is 6.30. The summed E-state index contributed by atoms with van der Waals surface area (Å²) < 4.78 is 0. The normalized spacial score (nSPS) is 26.9. The Labute approximate surface area is 107 Å². The van der Waals surface area contributed by atoms with Gasteiger partial charge < -0.3 is 5.11 Å². The average Bonchev–Trinajstić information content (AvgIpc) is 2.32. The van der Waals surface area contributed by atoms with Crippen molar-refractivity contribution in [1.82, 2.24) is 0 Å². The van der Waals surface area contributed by atoms with Crippen molar-refractivity contribution in [2.24, 2.45) is 11.8 Å². The molecule has 0 amide bonds. The third-order valence-electron chi connectivity index (χ3n) is 3.55. The fourth-order valence-electron chi connectivity index (χ4n) is 2.45. The van der Waals surface area contributed by atoms with Crippen LogP contribution < -0.4 is 0 Å². The van der Waals surface area contributed by atoms with Crippen LogP contribution in [0.2, 0.25) is 5.02 Å². The van der Waals surface area contributed by atoms with Gasteiger partial charge in [0.2, 0.25) is 0 Å². The summed E-state index contributed by atoms with van der Waals surface area (Å²) in [7, 11) is 0. The van der Waals surface area contributed by atoms with Crippen molar-refractivity contribution in [2.45, 2.75) is 32.3 Å². The van der Waals surface area contributed by atoms with Crippen molar-refractivity contribution in [3.05, 3.63) is 34.9 Å². The maximum Gasteiger partial charge on any atom is 0.138 e. The van der Waals surface area contributed by atoms with E-state index >= 15 is 0 Å². The summed E-state index contributed by atoms with van der Waals surface area (Å²) in [4.78, 5) is 11.8. The second kappa shape index (κ2) is 5.19. The molecule has 92 valence electrons. The molecule has 0 aliphatic heterocycles. The average molecular weight is 253 g/mol. The van der Waals surface area contributed by atoms with Gasteiger partial charge in [-0.1, -0.05) is 30.7 Å². The smallest absolute Gasteiger partial charge is 0.138 e. The van der Waals surface area contributed by atoms with Crippen molar-refractivity contribution in [2.75, 3.05) is 0 Å². The molecule has 1 aliphatic carbocycles. The highest BCUT2D eigenvalue weighted by atomic mass is 35.5. The van der Waals surface area contributed by atoms with Gasteiger partial charge in [-0.25, -0.2) is 0 Å². The lowest BCUT2D eigenvalue weighted by Crippen LogP contribution is -2.28. The highest BCUT2D eigenvalue weighted by Gasteiger charge is 2.32. The van der Waals surface area contributed by atoms with Crippen LogP contribution in [0.3, 0.4) is 0 Å². The molecule has 2 nitrogen and oxygen atoms in total. The molecule has 17 heavy (non-hydrogen) atoms. The van der Waals surface area contributed by atoms with Crippen LogP contribution in [0.25, 0.3) is 0 Å². The molecular formula is C14H17ClO2. The van der Waals surface area contributed by atoms with Crippen LogP contribution in [0.5, 0.6) is 0 Å². The van der Waals surface area contributed by atoms with Gasteiger partial charge in [-0.05, 0) is 36.5 Å². The zero-order chi connectivity index (χ0) is 12.4. The van der Waals surface area contributed by atoms with Crippen LogP contribution in [0.1, 0.15) is 37.9 Å². The number of carbonyl (C=O) groups excluding carboxylic acids is 1. The predicted octanol–water partition coefficient (Wildman–Crippen LogP) is 3.38. The summed E-state index contributed by atoms with van der Waals surface area (Å²) in [6, 6.07) is 7.08. The first kappa shape index (κ1) is 12.6. The Balaban J connectivity index is 2.15. The minimum absolute atomic E-state index is 0.186. The summed E-state index contributed by atoms with van der Waals surface area (Å²) in [5, 5.41) is 10.9. The number of aliphatic hydroxyl groups excluding tert-OH is 1. The third kappa shape index (κ3) is 2.88. The lowest BCUT2D eigenvalue weighted by Gasteiger charge is -2.29. The molecule has 1 N–H and O–H groups in total. The molecule has 0 unspecified atom stereocenters. The molecule has 1 aromatic carbocycles. The van der Waals surface area contributed by atoms with E-state index < -0.39 is 6.10 Å². The molecule has 1 aromatic rings. The maximum absolute atomic E-state index is 11.8. The Kier molecular flexibility index (Phi) is 3.85. The largest absolute Gasteiger partial charge is 0.388 e. The minimum Gasteiger partial charge on any atom is -0.388 e. The number of rotatable bonds is 2. The molecule has 0 saturated heterocycles. The number of aliphatic hydroxyl groups is 1. The standard InChI is InChI=1S/C14H17ClO2/c1-9-2-7-13(16)12(8-9)14(17)10-3-5-11(15)6-4-10/h3-6,9,12,14,17H,2,7-8H2,1H3/t9-,12+,14-/m0/s1. The van der Waals surface area contributed by atoms with Crippen LogP contribution >= 0.6 is 11.6 Å². The topological polar surface area (TPSA) is 37.3 Å². The zero-order valence-electron chi connectivity index (χ0n) is 9.90. The van der Waals surface area contributed by atoms with Gasteiger partial charge in [0.1, 0.15) is 5.78 Å². The zero-order valence-corrected chi connectivity index (χ0v) is 10.7. The van der Waals surface area contributed by atoms with Gasteiger partial charge >= 0.3 is 0 Å². The van der Waals surface area contributed by atoms with E-state index in [4.69, 9.17) is 11.6 Å². The van der Waals surface area contributed by atoms with Crippen LogP contribution in [0, 0.1) is 11.8 Å². The second-order valence-electron chi connectivity index (χ2n) is 4.95. The van der Waals surface area contributed by atoms with Gasteiger partial charge in [0.25, 0.3) is 0 Å². The van der Waals surface area contributed by atoms with E-state index in [-0.39, 0.29) is 11.7 Å². The van der Waals surface area contributed by atoms with Crippen molar-refractivity contribution in [1.29, 1.82) is 0 Å². The Morgan fingerprint density at radius 1 is 1.35 bits per heavy atom. The van der Waals surface area contributed by atoms with E-state index in [0.29, 0.717) is 17.4 Å². The molecule has 0 bridgehead atoms. The molecule has 1 fully saturated rings. The number of hydrogen-bond donors (Lipinski definition) is 1. The number of ketones is 1. The number of halogens is 1. The Hall–Kier alpha value is -0.860. The summed E-state index contributed by atoms with van der Waals surface area (Å²) >= 11 is 5.81. The lowest BCUT2D eigenvalue weighted by molar-refractivity contribution is -0.129. The van der Waals surface area contributed by atoms with E-state index in [9.17, 15) is 9.90 Å². The Morgan fingerprint density at radius 2 is 2.00 bits per heavy atom. The molecule has 3 heteroatoms. The third-order valence-corrected chi connectivity index (χ3v) is 3.80. The van der Waals surface area contributed by atoms with Gasteiger partial charge in [0, 0.05) is 17.4 Å². The molecular weight excluding hydrogens is 236 g/mol. The summed E-state index contributed by atoms with van der Waals surface area (Å²) in [6.07, 6.45) is 1.63. The Morgan fingerprint density at radius 3 is 2.65 bits per heavy atom. The van der Waals surface area contributed by atoms with Crippen LogP contribution in [0.15, 0.2) is 24.3 Å². The molecule has 0 spiro atoms. The molecule has 1 aliphatic rings. The quantitative estimate of drug-likeness (QED) is 0.876. The lowest BCUT2D eigenvalue weighted by atomic mass is 9.77. The van der Waals surface area contributed by atoms with E-state index in [0.717, 1.165) is 18.4 Å². The van der Waals surface area contributed by atoms with Gasteiger partial charge in [-0.15, -0.1) is 0 Å². The number of Topliss-reactive ketones (excluding diaryl/α,β-unsaturated/α-hetero) is 1. The summed E-state index contributed by atoms with van der Waals surface area (Å²) in [5.74, 6) is 0.449. The van der Waals surface area contributed by atoms with E-state index in [1.54, 1.807) is 24.3 Å². The molecule has 0 radical (unpaired) electrons. The maximum atomic E-state index is 11.8. The number of carbonyl (C=O) groups is 1. The van der Waals surface area contributed by atoms with E-state index in [1.807, 2.05) is 0 Å². The van der Waals surface area contributed by atoms with Crippen molar-refractivity contribution >= 4 is 17.4 Å².